The Kier molecular flexibility index (Phi) is 3.24. The van der Waals surface area contributed by atoms with Crippen molar-refractivity contribution in [2.24, 2.45) is 5.92 Å². The molecule has 1 fully saturated rings. The highest BCUT2D eigenvalue weighted by Gasteiger charge is 2.30. The molecular weight excluding hydrogens is 252 g/mol. The fourth-order valence-electron chi connectivity index (χ4n) is 2.56. The van der Waals surface area contributed by atoms with Crippen LogP contribution >= 0.6 is 0 Å². The van der Waals surface area contributed by atoms with Crippen molar-refractivity contribution in [2.45, 2.75) is 45.6 Å². The summed E-state index contributed by atoms with van der Waals surface area (Å²) in [7, 11) is 0. The van der Waals surface area contributed by atoms with E-state index in [9.17, 15) is 4.79 Å². The van der Waals surface area contributed by atoms with Crippen LogP contribution in [-0.4, -0.2) is 20.6 Å². The summed E-state index contributed by atoms with van der Waals surface area (Å²) < 4.78 is 2.24. The molecule has 1 N–H and O–H groups in total. The molecule has 20 heavy (non-hydrogen) atoms. The van der Waals surface area contributed by atoms with Gasteiger partial charge >= 0.3 is 5.97 Å². The Bertz CT molecular complexity index is 656. The van der Waals surface area contributed by atoms with Crippen LogP contribution < -0.4 is 0 Å². The summed E-state index contributed by atoms with van der Waals surface area (Å²) in [6, 6.07) is 5.23. The van der Waals surface area contributed by atoms with Gasteiger partial charge in [-0.25, -0.2) is 9.78 Å². The number of rotatable bonds is 5. The van der Waals surface area contributed by atoms with Gasteiger partial charge in [0, 0.05) is 12.5 Å². The summed E-state index contributed by atoms with van der Waals surface area (Å²) in [6.07, 6.45) is 3.52. The summed E-state index contributed by atoms with van der Waals surface area (Å²) in [5, 5.41) is 9.16. The highest BCUT2D eigenvalue weighted by atomic mass is 16.4. The van der Waals surface area contributed by atoms with Crippen LogP contribution in [0.25, 0.3) is 11.0 Å². The van der Waals surface area contributed by atoms with Gasteiger partial charge in [0.2, 0.25) is 0 Å². The van der Waals surface area contributed by atoms with Crippen LogP contribution in [0.4, 0.5) is 0 Å². The minimum atomic E-state index is -0.879. The predicted octanol–water partition coefficient (Wildman–Crippen LogP) is 3.66. The normalized spacial score (nSPS) is 16.5. The molecule has 1 aliphatic rings. The number of fused-ring (bicyclic) bond motifs is 1. The molecule has 0 amide bonds. The van der Waals surface area contributed by atoms with Crippen molar-refractivity contribution in [1.29, 1.82) is 0 Å². The molecule has 2 aromatic rings. The second kappa shape index (κ2) is 4.93. The molecule has 3 rings (SSSR count). The first-order valence-electron chi connectivity index (χ1n) is 7.33. The number of nitrogens with zero attached hydrogens (tertiary/aromatic N) is 2. The van der Waals surface area contributed by atoms with Crippen LogP contribution in [0.1, 0.15) is 55.2 Å². The fourth-order valence-corrected chi connectivity index (χ4v) is 2.56. The maximum absolute atomic E-state index is 11.2. The molecule has 1 saturated carbocycles. The zero-order chi connectivity index (χ0) is 14.3. The van der Waals surface area contributed by atoms with Gasteiger partial charge in [-0.2, -0.15) is 0 Å². The minimum Gasteiger partial charge on any atom is -0.478 e. The van der Waals surface area contributed by atoms with E-state index in [0.717, 1.165) is 29.8 Å². The van der Waals surface area contributed by atoms with Gasteiger partial charge in [-0.15, -0.1) is 0 Å². The average molecular weight is 272 g/mol. The molecule has 4 heteroatoms. The Balaban J connectivity index is 2.12. The van der Waals surface area contributed by atoms with Crippen molar-refractivity contribution in [2.75, 3.05) is 0 Å². The van der Waals surface area contributed by atoms with Crippen LogP contribution in [0.3, 0.4) is 0 Å². The lowest BCUT2D eigenvalue weighted by molar-refractivity contribution is 0.0697. The number of aromatic carboxylic acids is 1. The van der Waals surface area contributed by atoms with E-state index in [4.69, 9.17) is 10.1 Å². The molecular formula is C16H20N2O2. The Morgan fingerprint density at radius 2 is 2.25 bits per heavy atom. The van der Waals surface area contributed by atoms with E-state index in [1.54, 1.807) is 12.1 Å². The molecule has 106 valence electrons. The van der Waals surface area contributed by atoms with E-state index < -0.39 is 5.97 Å². The van der Waals surface area contributed by atoms with Crippen molar-refractivity contribution in [3.05, 3.63) is 29.6 Å². The van der Waals surface area contributed by atoms with Crippen LogP contribution in [0.2, 0.25) is 0 Å². The van der Waals surface area contributed by atoms with E-state index in [1.165, 1.54) is 12.8 Å². The van der Waals surface area contributed by atoms with Crippen LogP contribution in [-0.2, 0) is 6.54 Å². The molecule has 1 aromatic heterocycles. The van der Waals surface area contributed by atoms with Gasteiger partial charge in [-0.3, -0.25) is 0 Å². The van der Waals surface area contributed by atoms with Gasteiger partial charge in [-0.1, -0.05) is 20.3 Å². The third-order valence-electron chi connectivity index (χ3n) is 4.16. The highest BCUT2D eigenvalue weighted by Crippen LogP contribution is 2.41. The first kappa shape index (κ1) is 13.2. The Morgan fingerprint density at radius 3 is 2.85 bits per heavy atom. The maximum Gasteiger partial charge on any atom is 0.335 e. The summed E-state index contributed by atoms with van der Waals surface area (Å²) in [6.45, 7) is 5.33. The van der Waals surface area contributed by atoms with E-state index in [2.05, 4.69) is 18.4 Å². The van der Waals surface area contributed by atoms with Gasteiger partial charge in [0.25, 0.3) is 0 Å². The van der Waals surface area contributed by atoms with Crippen LogP contribution in [0.15, 0.2) is 18.2 Å². The topological polar surface area (TPSA) is 55.1 Å². The SMILES string of the molecule is CCC(C)Cn1c(C2CC2)nc2ccc(C(=O)O)cc21. The standard InChI is InChI=1S/C16H20N2O2/c1-3-10(2)9-18-14-8-12(16(19)20)6-7-13(14)17-15(18)11-4-5-11/h6-8,10-11H,3-5,9H2,1-2H3,(H,19,20). The number of carboxylic acids is 1. The molecule has 1 aliphatic carbocycles. The molecule has 1 aromatic carbocycles. The molecule has 1 heterocycles. The predicted molar refractivity (Wildman–Crippen MR) is 78.1 cm³/mol. The third kappa shape index (κ3) is 2.30. The van der Waals surface area contributed by atoms with Gasteiger partial charge in [0.1, 0.15) is 5.82 Å². The highest BCUT2D eigenvalue weighted by molar-refractivity contribution is 5.92. The first-order chi connectivity index (χ1) is 9.60. The second-order valence-corrected chi connectivity index (χ2v) is 5.88. The summed E-state index contributed by atoms with van der Waals surface area (Å²) >= 11 is 0. The lowest BCUT2D eigenvalue weighted by Crippen LogP contribution is -2.10. The van der Waals surface area contributed by atoms with Crippen molar-refractivity contribution in [1.82, 2.24) is 9.55 Å². The van der Waals surface area contributed by atoms with E-state index >= 15 is 0 Å². The van der Waals surface area contributed by atoms with E-state index in [-0.39, 0.29) is 0 Å². The largest absolute Gasteiger partial charge is 0.478 e. The summed E-state index contributed by atoms with van der Waals surface area (Å²) in [5.41, 5.74) is 2.22. The Labute approximate surface area is 118 Å². The average Bonchev–Trinajstić information content (AvgIpc) is 3.22. The molecule has 0 spiro atoms. The quantitative estimate of drug-likeness (QED) is 0.903. The Morgan fingerprint density at radius 1 is 1.50 bits per heavy atom. The number of hydrogen-bond acceptors (Lipinski definition) is 2. The number of carbonyl (C=O) groups is 1. The molecule has 1 atom stereocenters. The molecule has 0 saturated heterocycles. The van der Waals surface area contributed by atoms with Gasteiger partial charge in [0.15, 0.2) is 0 Å². The van der Waals surface area contributed by atoms with Crippen LogP contribution in [0.5, 0.6) is 0 Å². The van der Waals surface area contributed by atoms with Crippen molar-refractivity contribution in [3.8, 4) is 0 Å². The maximum atomic E-state index is 11.2. The second-order valence-electron chi connectivity index (χ2n) is 5.88. The van der Waals surface area contributed by atoms with Crippen molar-refractivity contribution >= 4 is 17.0 Å². The Hall–Kier alpha value is -1.84. The molecule has 1 unspecified atom stereocenters. The number of aromatic nitrogens is 2. The number of hydrogen-bond donors (Lipinski definition) is 1. The first-order valence-corrected chi connectivity index (χ1v) is 7.33. The lowest BCUT2D eigenvalue weighted by atomic mass is 10.1. The molecule has 0 aliphatic heterocycles. The zero-order valence-electron chi connectivity index (χ0n) is 12.0. The van der Waals surface area contributed by atoms with Gasteiger partial charge in [0.05, 0.1) is 16.6 Å². The summed E-state index contributed by atoms with van der Waals surface area (Å²) in [4.78, 5) is 15.9. The minimum absolute atomic E-state index is 0.338. The molecule has 0 radical (unpaired) electrons. The number of carboxylic acid groups (broad SMARTS) is 1. The number of imidazole rings is 1. The van der Waals surface area contributed by atoms with Crippen molar-refractivity contribution < 1.29 is 9.90 Å². The monoisotopic (exact) mass is 272 g/mol. The fraction of sp³-hybridized carbons (Fsp3) is 0.500. The smallest absolute Gasteiger partial charge is 0.335 e. The van der Waals surface area contributed by atoms with Gasteiger partial charge < -0.3 is 9.67 Å². The molecule has 4 nitrogen and oxygen atoms in total. The van der Waals surface area contributed by atoms with Crippen molar-refractivity contribution in [3.63, 3.8) is 0 Å². The van der Waals surface area contributed by atoms with E-state index in [1.807, 2.05) is 6.07 Å². The third-order valence-corrected chi connectivity index (χ3v) is 4.16. The van der Waals surface area contributed by atoms with Gasteiger partial charge in [-0.05, 0) is 37.0 Å². The number of benzene rings is 1. The lowest BCUT2D eigenvalue weighted by Gasteiger charge is -2.13. The molecule has 0 bridgehead atoms. The van der Waals surface area contributed by atoms with E-state index in [0.29, 0.717) is 17.4 Å². The summed E-state index contributed by atoms with van der Waals surface area (Å²) in [5.74, 6) is 1.40. The zero-order valence-corrected chi connectivity index (χ0v) is 12.0. The van der Waals surface area contributed by atoms with Crippen LogP contribution in [0, 0.1) is 5.92 Å².